The van der Waals surface area contributed by atoms with Crippen LogP contribution in [0.25, 0.3) is 0 Å². The van der Waals surface area contributed by atoms with Gasteiger partial charge < -0.3 is 15.7 Å². The van der Waals surface area contributed by atoms with Crippen LogP contribution in [0.4, 0.5) is 11.4 Å². The topological polar surface area (TPSA) is 113 Å². The zero-order chi connectivity index (χ0) is 13.6. The average molecular weight is 276 g/mol. The summed E-state index contributed by atoms with van der Waals surface area (Å²) < 4.78 is 33.5. The van der Waals surface area contributed by atoms with E-state index in [4.69, 9.17) is 15.4 Å². The van der Waals surface area contributed by atoms with Crippen LogP contribution in [0.15, 0.2) is 24.3 Å². The number of hydrogen-bond acceptors (Lipinski definition) is 6. The Labute approximate surface area is 106 Å². The number of anilines is 2. The van der Waals surface area contributed by atoms with E-state index >= 15 is 0 Å². The number of aliphatic hydroxyl groups is 1. The Morgan fingerprint density at radius 3 is 2.33 bits per heavy atom. The fourth-order valence-electron chi connectivity index (χ4n) is 1.43. The van der Waals surface area contributed by atoms with Gasteiger partial charge in [0.1, 0.15) is 0 Å². The van der Waals surface area contributed by atoms with Gasteiger partial charge in [0.2, 0.25) is 0 Å². The van der Waals surface area contributed by atoms with E-state index in [9.17, 15) is 8.42 Å². The third-order valence-corrected chi connectivity index (χ3v) is 2.69. The number of nitrogens with two attached hydrogens (primary N) is 1. The molecule has 0 aliphatic rings. The van der Waals surface area contributed by atoms with Gasteiger partial charge in [-0.3, -0.25) is 4.55 Å². The van der Waals surface area contributed by atoms with Crippen molar-refractivity contribution in [3.05, 3.63) is 24.3 Å². The number of nitrogens with zero attached hydrogens (tertiary/aromatic N) is 1. The van der Waals surface area contributed by atoms with E-state index in [1.807, 2.05) is 0 Å². The van der Waals surface area contributed by atoms with Gasteiger partial charge in [0, 0.05) is 24.5 Å². The van der Waals surface area contributed by atoms with Crippen LogP contribution in [0.3, 0.4) is 0 Å². The number of benzene rings is 1. The molecular weight excluding hydrogens is 260 g/mol. The Hall–Kier alpha value is -1.35. The van der Waals surface area contributed by atoms with Gasteiger partial charge in [0.05, 0.1) is 13.2 Å². The predicted octanol–water partition coefficient (Wildman–Crippen LogP) is -0.113. The van der Waals surface area contributed by atoms with Gasteiger partial charge >= 0.3 is 10.4 Å². The van der Waals surface area contributed by atoms with Crippen LogP contribution in [-0.4, -0.2) is 44.4 Å². The van der Waals surface area contributed by atoms with Gasteiger partial charge in [-0.2, -0.15) is 8.42 Å². The van der Waals surface area contributed by atoms with Crippen molar-refractivity contribution < 1.29 is 22.3 Å². The summed E-state index contributed by atoms with van der Waals surface area (Å²) >= 11 is 0. The van der Waals surface area contributed by atoms with Gasteiger partial charge in [0.25, 0.3) is 0 Å². The van der Waals surface area contributed by atoms with Gasteiger partial charge in [-0.1, -0.05) is 0 Å². The largest absolute Gasteiger partial charge is 0.399 e. The molecule has 0 fully saturated rings. The van der Waals surface area contributed by atoms with E-state index in [1.54, 1.807) is 29.2 Å². The molecule has 0 aromatic heterocycles. The standard InChI is InChI=1S/C10H16N2O5S/c11-9-1-3-10(4-2-9)12(5-7-13)6-8-17-18(14,15)16/h1-4,13H,5-8,11H2,(H,14,15,16). The molecule has 1 aromatic carbocycles. The molecule has 7 nitrogen and oxygen atoms in total. The first kappa shape index (κ1) is 14.7. The van der Waals surface area contributed by atoms with Crippen LogP contribution in [0.5, 0.6) is 0 Å². The minimum Gasteiger partial charge on any atom is -0.399 e. The second-order valence-electron chi connectivity index (χ2n) is 3.55. The molecule has 0 amide bonds. The van der Waals surface area contributed by atoms with Crippen molar-refractivity contribution in [2.75, 3.05) is 36.9 Å². The number of hydrogen-bond donors (Lipinski definition) is 3. The second kappa shape index (κ2) is 6.55. The third kappa shape index (κ3) is 5.32. The Balaban J connectivity index is 2.62. The molecule has 0 aliphatic carbocycles. The lowest BCUT2D eigenvalue weighted by atomic mass is 10.2. The number of aliphatic hydroxyl groups excluding tert-OH is 1. The minimum atomic E-state index is -4.43. The highest BCUT2D eigenvalue weighted by atomic mass is 32.3. The van der Waals surface area contributed by atoms with Crippen molar-refractivity contribution in [3.8, 4) is 0 Å². The lowest BCUT2D eigenvalue weighted by Crippen LogP contribution is -2.30. The first-order valence-electron chi connectivity index (χ1n) is 5.25. The molecule has 0 saturated heterocycles. The van der Waals surface area contributed by atoms with Crippen LogP contribution in [0.1, 0.15) is 0 Å². The molecule has 0 heterocycles. The number of rotatable bonds is 7. The van der Waals surface area contributed by atoms with Crippen molar-refractivity contribution >= 4 is 21.8 Å². The summed E-state index contributed by atoms with van der Waals surface area (Å²) in [5, 5.41) is 8.94. The van der Waals surface area contributed by atoms with Crippen LogP contribution < -0.4 is 10.6 Å². The lowest BCUT2D eigenvalue weighted by Gasteiger charge is -2.23. The normalized spacial score (nSPS) is 11.4. The molecule has 0 bridgehead atoms. The molecule has 0 radical (unpaired) electrons. The average Bonchev–Trinajstić information content (AvgIpc) is 2.27. The second-order valence-corrected chi connectivity index (χ2v) is 4.64. The van der Waals surface area contributed by atoms with E-state index in [0.29, 0.717) is 12.2 Å². The monoisotopic (exact) mass is 276 g/mol. The van der Waals surface area contributed by atoms with Crippen molar-refractivity contribution in [1.29, 1.82) is 0 Å². The molecule has 4 N–H and O–H groups in total. The summed E-state index contributed by atoms with van der Waals surface area (Å²) in [5.41, 5.74) is 6.94. The number of nitrogen functional groups attached to an aromatic ring is 1. The Kier molecular flexibility index (Phi) is 5.35. The van der Waals surface area contributed by atoms with E-state index in [1.165, 1.54) is 0 Å². The molecule has 1 rings (SSSR count). The fourth-order valence-corrected chi connectivity index (χ4v) is 1.71. The summed E-state index contributed by atoms with van der Waals surface area (Å²) in [6.07, 6.45) is 0. The van der Waals surface area contributed by atoms with Crippen LogP contribution in [0.2, 0.25) is 0 Å². The van der Waals surface area contributed by atoms with E-state index in [0.717, 1.165) is 5.69 Å². The third-order valence-electron chi connectivity index (χ3n) is 2.22. The van der Waals surface area contributed by atoms with E-state index < -0.39 is 10.4 Å². The smallest absolute Gasteiger partial charge is 0.397 e. The maximum absolute atomic E-state index is 10.4. The molecule has 18 heavy (non-hydrogen) atoms. The molecule has 102 valence electrons. The van der Waals surface area contributed by atoms with Crippen molar-refractivity contribution in [2.45, 2.75) is 0 Å². The van der Waals surface area contributed by atoms with Crippen LogP contribution >= 0.6 is 0 Å². The van der Waals surface area contributed by atoms with E-state index in [-0.39, 0.29) is 19.8 Å². The maximum Gasteiger partial charge on any atom is 0.397 e. The quantitative estimate of drug-likeness (QED) is 0.470. The summed E-state index contributed by atoms with van der Waals surface area (Å²) in [6.45, 7) is 0.239. The van der Waals surface area contributed by atoms with E-state index in [2.05, 4.69) is 4.18 Å². The van der Waals surface area contributed by atoms with Gasteiger partial charge in [-0.15, -0.1) is 0 Å². The Morgan fingerprint density at radius 2 is 1.83 bits per heavy atom. The first-order chi connectivity index (χ1) is 8.42. The minimum absolute atomic E-state index is 0.0871. The van der Waals surface area contributed by atoms with Crippen molar-refractivity contribution in [1.82, 2.24) is 0 Å². The molecule has 0 spiro atoms. The summed E-state index contributed by atoms with van der Waals surface area (Å²) in [6, 6.07) is 6.89. The molecule has 0 unspecified atom stereocenters. The zero-order valence-corrected chi connectivity index (χ0v) is 10.5. The fraction of sp³-hybridized carbons (Fsp3) is 0.400. The zero-order valence-electron chi connectivity index (χ0n) is 9.69. The van der Waals surface area contributed by atoms with Gasteiger partial charge in [-0.25, -0.2) is 4.18 Å². The SMILES string of the molecule is Nc1ccc(N(CCO)CCOS(=O)(=O)O)cc1. The summed E-state index contributed by atoms with van der Waals surface area (Å²) in [5.74, 6) is 0. The molecule has 8 heteroatoms. The summed E-state index contributed by atoms with van der Waals surface area (Å²) in [4.78, 5) is 1.71. The predicted molar refractivity (Wildman–Crippen MR) is 67.7 cm³/mol. The molecular formula is C10H16N2O5S. The maximum atomic E-state index is 10.4. The lowest BCUT2D eigenvalue weighted by molar-refractivity contribution is 0.266. The van der Waals surface area contributed by atoms with Crippen LogP contribution in [0, 0.1) is 0 Å². The van der Waals surface area contributed by atoms with Gasteiger partial charge in [-0.05, 0) is 24.3 Å². The van der Waals surface area contributed by atoms with Crippen molar-refractivity contribution in [3.63, 3.8) is 0 Å². The molecule has 1 aromatic rings. The molecule has 0 aliphatic heterocycles. The highest BCUT2D eigenvalue weighted by Crippen LogP contribution is 2.15. The molecule has 0 atom stereocenters. The highest BCUT2D eigenvalue weighted by Gasteiger charge is 2.09. The molecule has 0 saturated carbocycles. The summed E-state index contributed by atoms with van der Waals surface area (Å²) in [7, 11) is -4.43. The highest BCUT2D eigenvalue weighted by molar-refractivity contribution is 7.80. The van der Waals surface area contributed by atoms with Crippen molar-refractivity contribution in [2.24, 2.45) is 0 Å². The van der Waals surface area contributed by atoms with Gasteiger partial charge in [0.15, 0.2) is 0 Å². The first-order valence-corrected chi connectivity index (χ1v) is 6.62. The van der Waals surface area contributed by atoms with Crippen LogP contribution in [-0.2, 0) is 14.6 Å². The Bertz CT molecular complexity index is 460. The Morgan fingerprint density at radius 1 is 1.22 bits per heavy atom.